The first-order valence-corrected chi connectivity index (χ1v) is 8.12. The van der Waals surface area contributed by atoms with Gasteiger partial charge >= 0.3 is 0 Å². The topological polar surface area (TPSA) is 104 Å². The highest BCUT2D eigenvalue weighted by atomic mass is 16.2. The van der Waals surface area contributed by atoms with E-state index in [0.717, 1.165) is 5.56 Å². The lowest BCUT2D eigenvalue weighted by Crippen LogP contribution is -2.29. The SMILES string of the molecule is Cc1ccc(NC(=O)CC(=O)NCc2nc3ccccc3c(=O)[nH]2)cc1. The number of aromatic nitrogens is 2. The number of benzene rings is 2. The number of H-pyrrole nitrogens is 1. The van der Waals surface area contributed by atoms with Crippen LogP contribution in [0.1, 0.15) is 17.8 Å². The van der Waals surface area contributed by atoms with Crippen LogP contribution < -0.4 is 16.2 Å². The zero-order chi connectivity index (χ0) is 18.5. The van der Waals surface area contributed by atoms with E-state index in [1.165, 1.54) is 0 Å². The number of fused-ring (bicyclic) bond motifs is 1. The Balaban J connectivity index is 1.56. The van der Waals surface area contributed by atoms with E-state index >= 15 is 0 Å². The average Bonchev–Trinajstić information content (AvgIpc) is 2.62. The summed E-state index contributed by atoms with van der Waals surface area (Å²) in [6.07, 6.45) is -0.314. The van der Waals surface area contributed by atoms with Crippen molar-refractivity contribution in [3.63, 3.8) is 0 Å². The predicted molar refractivity (Wildman–Crippen MR) is 98.6 cm³/mol. The highest BCUT2D eigenvalue weighted by Crippen LogP contribution is 2.09. The standard InChI is InChI=1S/C19H18N4O3/c1-12-6-8-13(9-7-12)21-18(25)10-17(24)20-11-16-22-15-5-3-2-4-14(15)19(26)23-16/h2-9H,10-11H2,1H3,(H,20,24)(H,21,25)(H,22,23,26). The predicted octanol–water partition coefficient (Wildman–Crippen LogP) is 1.88. The lowest BCUT2D eigenvalue weighted by atomic mass is 10.2. The van der Waals surface area contributed by atoms with Crippen molar-refractivity contribution in [1.82, 2.24) is 15.3 Å². The molecule has 7 nitrogen and oxygen atoms in total. The quantitative estimate of drug-likeness (QED) is 0.611. The summed E-state index contributed by atoms with van der Waals surface area (Å²) >= 11 is 0. The Hall–Kier alpha value is -3.48. The molecule has 0 fully saturated rings. The van der Waals surface area contributed by atoms with Gasteiger partial charge in [-0.2, -0.15) is 0 Å². The Bertz CT molecular complexity index is 1010. The summed E-state index contributed by atoms with van der Waals surface area (Å²) in [6, 6.07) is 14.2. The van der Waals surface area contributed by atoms with Gasteiger partial charge < -0.3 is 15.6 Å². The molecule has 0 atom stereocenters. The Labute approximate surface area is 149 Å². The zero-order valence-corrected chi connectivity index (χ0v) is 14.2. The number of hydrogen-bond donors (Lipinski definition) is 3. The highest BCUT2D eigenvalue weighted by Gasteiger charge is 2.10. The van der Waals surface area contributed by atoms with Gasteiger partial charge in [0.1, 0.15) is 12.2 Å². The van der Waals surface area contributed by atoms with E-state index in [-0.39, 0.29) is 18.5 Å². The Morgan fingerprint density at radius 3 is 2.54 bits per heavy atom. The summed E-state index contributed by atoms with van der Waals surface area (Å²) < 4.78 is 0. The molecule has 0 radical (unpaired) electrons. The molecule has 0 aliphatic carbocycles. The third-order valence-corrected chi connectivity index (χ3v) is 3.77. The molecule has 1 aromatic heterocycles. The van der Waals surface area contributed by atoms with Crippen molar-refractivity contribution in [3.8, 4) is 0 Å². The van der Waals surface area contributed by atoms with Crippen LogP contribution in [0.25, 0.3) is 10.9 Å². The molecule has 0 aliphatic heterocycles. The first kappa shape index (κ1) is 17.3. The normalized spacial score (nSPS) is 10.5. The average molecular weight is 350 g/mol. The van der Waals surface area contributed by atoms with Crippen LogP contribution in [0.5, 0.6) is 0 Å². The first-order valence-electron chi connectivity index (χ1n) is 8.12. The molecule has 0 aliphatic rings. The van der Waals surface area contributed by atoms with Crippen LogP contribution in [-0.4, -0.2) is 21.8 Å². The monoisotopic (exact) mass is 350 g/mol. The third kappa shape index (κ3) is 4.32. The maximum atomic E-state index is 12.0. The number of nitrogens with zero attached hydrogens (tertiary/aromatic N) is 1. The summed E-state index contributed by atoms with van der Waals surface area (Å²) in [4.78, 5) is 42.7. The van der Waals surface area contributed by atoms with Gasteiger partial charge in [-0.1, -0.05) is 29.8 Å². The Morgan fingerprint density at radius 1 is 1.04 bits per heavy atom. The van der Waals surface area contributed by atoms with Gasteiger partial charge in [-0.3, -0.25) is 14.4 Å². The number of amides is 2. The van der Waals surface area contributed by atoms with E-state index in [4.69, 9.17) is 0 Å². The molecule has 3 aromatic rings. The van der Waals surface area contributed by atoms with Gasteiger partial charge in [0.15, 0.2) is 0 Å². The van der Waals surface area contributed by atoms with Crippen LogP contribution in [0.15, 0.2) is 53.3 Å². The van der Waals surface area contributed by atoms with Crippen LogP contribution in [-0.2, 0) is 16.1 Å². The maximum Gasteiger partial charge on any atom is 0.258 e. The molecule has 2 aromatic carbocycles. The van der Waals surface area contributed by atoms with Crippen LogP contribution >= 0.6 is 0 Å². The molecule has 0 unspecified atom stereocenters. The largest absolute Gasteiger partial charge is 0.348 e. The van der Waals surface area contributed by atoms with Crippen LogP contribution in [0.4, 0.5) is 5.69 Å². The second-order valence-corrected chi connectivity index (χ2v) is 5.90. The van der Waals surface area contributed by atoms with Crippen molar-refractivity contribution in [2.24, 2.45) is 0 Å². The van der Waals surface area contributed by atoms with Crippen molar-refractivity contribution >= 4 is 28.4 Å². The minimum Gasteiger partial charge on any atom is -0.348 e. The molecule has 2 amide bonds. The van der Waals surface area contributed by atoms with Crippen LogP contribution in [0, 0.1) is 6.92 Å². The van der Waals surface area contributed by atoms with Gasteiger partial charge in [-0.15, -0.1) is 0 Å². The molecule has 0 saturated carbocycles. The molecule has 0 spiro atoms. The van der Waals surface area contributed by atoms with Gasteiger partial charge in [0.05, 0.1) is 17.4 Å². The molecule has 132 valence electrons. The van der Waals surface area contributed by atoms with E-state index in [1.54, 1.807) is 36.4 Å². The molecule has 1 heterocycles. The fourth-order valence-corrected chi connectivity index (χ4v) is 2.45. The van der Waals surface area contributed by atoms with Crippen molar-refractivity contribution in [3.05, 3.63) is 70.3 Å². The lowest BCUT2D eigenvalue weighted by molar-refractivity contribution is -0.126. The summed E-state index contributed by atoms with van der Waals surface area (Å²) in [5.74, 6) is -0.530. The summed E-state index contributed by atoms with van der Waals surface area (Å²) in [5, 5.41) is 5.73. The smallest absolute Gasteiger partial charge is 0.258 e. The number of para-hydroxylation sites is 1. The molecule has 3 rings (SSSR count). The molecule has 7 heteroatoms. The lowest BCUT2D eigenvalue weighted by Gasteiger charge is -2.07. The number of carbonyl (C=O) groups is 2. The first-order chi connectivity index (χ1) is 12.5. The number of nitrogens with one attached hydrogen (secondary N) is 3. The highest BCUT2D eigenvalue weighted by molar-refractivity contribution is 6.03. The second kappa shape index (κ2) is 7.60. The molecule has 26 heavy (non-hydrogen) atoms. The number of aromatic amines is 1. The van der Waals surface area contributed by atoms with Gasteiger partial charge in [0.25, 0.3) is 5.56 Å². The van der Waals surface area contributed by atoms with Gasteiger partial charge in [0.2, 0.25) is 11.8 Å². The van der Waals surface area contributed by atoms with E-state index in [2.05, 4.69) is 20.6 Å². The number of aryl methyl sites for hydroxylation is 1. The number of carbonyl (C=O) groups excluding carboxylic acids is 2. The molecule has 0 bridgehead atoms. The third-order valence-electron chi connectivity index (χ3n) is 3.77. The van der Waals surface area contributed by atoms with Gasteiger partial charge in [0, 0.05) is 5.69 Å². The van der Waals surface area contributed by atoms with Crippen molar-refractivity contribution in [1.29, 1.82) is 0 Å². The Kier molecular flexibility index (Phi) is 5.07. The fourth-order valence-electron chi connectivity index (χ4n) is 2.45. The minimum atomic E-state index is -0.453. The fraction of sp³-hybridized carbons (Fsp3) is 0.158. The number of hydrogen-bond acceptors (Lipinski definition) is 4. The summed E-state index contributed by atoms with van der Waals surface area (Å²) in [6.45, 7) is 1.99. The van der Waals surface area contributed by atoms with E-state index < -0.39 is 11.8 Å². The van der Waals surface area contributed by atoms with E-state index in [1.807, 2.05) is 19.1 Å². The number of anilines is 1. The van der Waals surface area contributed by atoms with Crippen molar-refractivity contribution in [2.75, 3.05) is 5.32 Å². The van der Waals surface area contributed by atoms with E-state index in [9.17, 15) is 14.4 Å². The molecule has 0 saturated heterocycles. The van der Waals surface area contributed by atoms with Gasteiger partial charge in [-0.05, 0) is 31.2 Å². The van der Waals surface area contributed by atoms with E-state index in [0.29, 0.717) is 22.4 Å². The molecular weight excluding hydrogens is 332 g/mol. The minimum absolute atomic E-state index is 0.0384. The van der Waals surface area contributed by atoms with Crippen LogP contribution in [0.3, 0.4) is 0 Å². The zero-order valence-electron chi connectivity index (χ0n) is 14.2. The van der Waals surface area contributed by atoms with Crippen molar-refractivity contribution in [2.45, 2.75) is 19.9 Å². The second-order valence-electron chi connectivity index (χ2n) is 5.90. The van der Waals surface area contributed by atoms with Gasteiger partial charge in [-0.25, -0.2) is 4.98 Å². The number of rotatable bonds is 5. The maximum absolute atomic E-state index is 12.0. The van der Waals surface area contributed by atoms with Crippen LogP contribution in [0.2, 0.25) is 0 Å². The summed E-state index contributed by atoms with van der Waals surface area (Å²) in [7, 11) is 0. The summed E-state index contributed by atoms with van der Waals surface area (Å²) in [5.41, 5.74) is 2.00. The van der Waals surface area contributed by atoms with Crippen molar-refractivity contribution < 1.29 is 9.59 Å². The Morgan fingerprint density at radius 2 is 1.77 bits per heavy atom. The molecule has 3 N–H and O–H groups in total. The molecular formula is C19H18N4O3.